The molecule has 0 spiro atoms. The van der Waals surface area contributed by atoms with Gasteiger partial charge in [-0.05, 0) is 13.0 Å². The Morgan fingerprint density at radius 1 is 1.62 bits per heavy atom. The van der Waals surface area contributed by atoms with E-state index in [-0.39, 0.29) is 42.2 Å². The summed E-state index contributed by atoms with van der Waals surface area (Å²) in [4.78, 5) is 0. The molecule has 0 amide bonds. The Labute approximate surface area is 73.7 Å². The second-order valence-corrected chi connectivity index (χ2v) is 1.11. The minimum atomic E-state index is 0. The van der Waals surface area contributed by atoms with Gasteiger partial charge >= 0.3 is 0 Å². The van der Waals surface area contributed by atoms with Crippen molar-refractivity contribution in [2.45, 2.75) is 20.3 Å². The zero-order valence-corrected chi connectivity index (χ0v) is 9.83. The van der Waals surface area contributed by atoms with Gasteiger partial charge in [0.25, 0.3) is 0 Å². The van der Waals surface area contributed by atoms with Crippen LogP contribution in [0.1, 0.15) is 20.3 Å². The Morgan fingerprint density at radius 3 is 2.00 bits per heavy atom. The zero-order valence-electron chi connectivity index (χ0n) is 5.28. The number of hydrogen-bond donors (Lipinski definition) is 0. The van der Waals surface area contributed by atoms with Crippen molar-refractivity contribution >= 4 is 0 Å². The van der Waals surface area contributed by atoms with Gasteiger partial charge in [-0.2, -0.15) is 0 Å². The number of allylic oxidation sites excluding steroid dienone is 2. The predicted octanol–water partition coefficient (Wildman–Crippen LogP) is -1.27. The van der Waals surface area contributed by atoms with E-state index >= 15 is 0 Å². The van der Waals surface area contributed by atoms with Crippen LogP contribution in [0, 0.1) is 0 Å². The van der Waals surface area contributed by atoms with E-state index in [4.69, 9.17) is 0 Å². The molecule has 0 rings (SSSR count). The predicted molar refractivity (Wildman–Crippen MR) is 24.7 cm³/mol. The molecule has 0 saturated carbocycles. The Hall–Kier alpha value is 0.643. The third kappa shape index (κ3) is 9.81. The van der Waals surface area contributed by atoms with Gasteiger partial charge in [0, 0.05) is 25.9 Å². The summed E-state index contributed by atoms with van der Waals surface area (Å²) in [6.45, 7) is 3.61. The summed E-state index contributed by atoms with van der Waals surface area (Å²) in [6.07, 6.45) is 2.22. The molecule has 45 valence electrons. The molecule has 0 heterocycles. The van der Waals surface area contributed by atoms with Crippen molar-refractivity contribution in [1.29, 1.82) is 0 Å². The van der Waals surface area contributed by atoms with Gasteiger partial charge in [0.2, 0.25) is 0 Å². The SMILES string of the molecule is CC=C([O])CC.[Br-].[Zn]. The van der Waals surface area contributed by atoms with Crippen LogP contribution in [0.2, 0.25) is 0 Å². The normalized spacial score (nSPS) is 9.00. The minimum Gasteiger partial charge on any atom is -1.00 e. The van der Waals surface area contributed by atoms with Crippen LogP contribution >= 0.6 is 0 Å². The molecule has 0 aliphatic rings. The Bertz CT molecular complexity index is 63.4. The Balaban J connectivity index is -0.000000125. The van der Waals surface area contributed by atoms with Gasteiger partial charge in [0.1, 0.15) is 0 Å². The first kappa shape index (κ1) is 15.9. The van der Waals surface area contributed by atoms with Crippen LogP contribution in [-0.2, 0) is 24.6 Å². The van der Waals surface area contributed by atoms with E-state index in [1.54, 1.807) is 13.0 Å². The topological polar surface area (TPSA) is 19.9 Å². The van der Waals surface area contributed by atoms with Crippen molar-refractivity contribution in [2.75, 3.05) is 0 Å². The van der Waals surface area contributed by atoms with Gasteiger partial charge < -0.3 is 17.0 Å². The molecule has 3 heteroatoms. The summed E-state index contributed by atoms with van der Waals surface area (Å²) in [5.41, 5.74) is 0. The smallest absolute Gasteiger partial charge is 0.151 e. The first-order valence-electron chi connectivity index (χ1n) is 2.13. The molecule has 0 fully saturated rings. The van der Waals surface area contributed by atoms with Gasteiger partial charge in [-0.1, -0.05) is 6.92 Å². The minimum absolute atomic E-state index is 0. The van der Waals surface area contributed by atoms with Crippen molar-refractivity contribution in [3.8, 4) is 0 Å². The molecule has 0 aliphatic heterocycles. The summed E-state index contributed by atoms with van der Waals surface area (Å²) in [5.74, 6) is 0.218. The fourth-order valence-corrected chi connectivity index (χ4v) is 0.204. The van der Waals surface area contributed by atoms with E-state index in [1.165, 1.54) is 0 Å². The van der Waals surface area contributed by atoms with Crippen molar-refractivity contribution in [3.63, 3.8) is 0 Å². The van der Waals surface area contributed by atoms with Crippen LogP contribution in [0.25, 0.3) is 0 Å². The average Bonchev–Trinajstić information content (AvgIpc) is 1.65. The van der Waals surface area contributed by atoms with Crippen LogP contribution in [0.5, 0.6) is 0 Å². The summed E-state index contributed by atoms with van der Waals surface area (Å²) >= 11 is 0. The molecule has 0 atom stereocenters. The van der Waals surface area contributed by atoms with Crippen LogP contribution in [0.4, 0.5) is 0 Å². The number of hydrogen-bond acceptors (Lipinski definition) is 0. The van der Waals surface area contributed by atoms with Gasteiger partial charge in [-0.15, -0.1) is 0 Å². The fourth-order valence-electron chi connectivity index (χ4n) is 0.204. The van der Waals surface area contributed by atoms with Gasteiger partial charge in [0.15, 0.2) is 5.76 Å². The monoisotopic (exact) mass is 228 g/mol. The quantitative estimate of drug-likeness (QED) is 0.396. The van der Waals surface area contributed by atoms with E-state index in [0.717, 1.165) is 0 Å². The van der Waals surface area contributed by atoms with Crippen molar-refractivity contribution in [1.82, 2.24) is 0 Å². The van der Waals surface area contributed by atoms with Crippen LogP contribution < -0.4 is 17.0 Å². The van der Waals surface area contributed by atoms with Crippen molar-refractivity contribution in [3.05, 3.63) is 11.8 Å². The third-order valence-electron chi connectivity index (χ3n) is 0.670. The molecular weight excluding hydrogens is 221 g/mol. The maximum atomic E-state index is 10.1. The summed E-state index contributed by atoms with van der Waals surface area (Å²) in [6, 6.07) is 0. The number of rotatable bonds is 1. The number of halogens is 1. The maximum Gasteiger partial charge on any atom is 0.151 e. The first-order chi connectivity index (χ1) is 2.81. The molecule has 0 aliphatic carbocycles. The summed E-state index contributed by atoms with van der Waals surface area (Å²) in [7, 11) is 0. The van der Waals surface area contributed by atoms with Gasteiger partial charge in [-0.3, -0.25) is 5.11 Å². The fraction of sp³-hybridized carbons (Fsp3) is 0.600. The van der Waals surface area contributed by atoms with Crippen molar-refractivity contribution < 1.29 is 41.6 Å². The van der Waals surface area contributed by atoms with Crippen LogP contribution in [-0.4, -0.2) is 0 Å². The van der Waals surface area contributed by atoms with E-state index in [2.05, 4.69) is 0 Å². The molecule has 1 nitrogen and oxygen atoms in total. The first-order valence-corrected chi connectivity index (χ1v) is 2.13. The molecule has 1 radical (unpaired) electrons. The molecule has 0 saturated heterocycles. The molecule has 0 unspecified atom stereocenters. The molecule has 0 N–H and O–H groups in total. The molecule has 0 aromatic rings. The summed E-state index contributed by atoms with van der Waals surface area (Å²) in [5, 5.41) is 10.1. The standard InChI is InChI=1S/C5H9O.BrH.Zn/c1-3-5(6)4-2;;/h3H,4H2,1-2H3;1H;/p-1. The molecule has 0 aromatic heterocycles. The van der Waals surface area contributed by atoms with Gasteiger partial charge in [0.05, 0.1) is 0 Å². The molecule has 0 bridgehead atoms. The average molecular weight is 230 g/mol. The van der Waals surface area contributed by atoms with Crippen LogP contribution in [0.15, 0.2) is 11.8 Å². The Morgan fingerprint density at radius 2 is 2.00 bits per heavy atom. The molecule has 8 heavy (non-hydrogen) atoms. The maximum absolute atomic E-state index is 10.1. The third-order valence-corrected chi connectivity index (χ3v) is 0.670. The van der Waals surface area contributed by atoms with E-state index in [9.17, 15) is 5.11 Å². The molecular formula is C5H9BrOZn-. The van der Waals surface area contributed by atoms with Gasteiger partial charge in [-0.25, -0.2) is 0 Å². The van der Waals surface area contributed by atoms with Crippen LogP contribution in [0.3, 0.4) is 0 Å². The van der Waals surface area contributed by atoms with E-state index < -0.39 is 0 Å². The van der Waals surface area contributed by atoms with E-state index in [0.29, 0.717) is 6.42 Å². The van der Waals surface area contributed by atoms with Crippen molar-refractivity contribution in [2.24, 2.45) is 0 Å². The second-order valence-electron chi connectivity index (χ2n) is 1.11. The second kappa shape index (κ2) is 10.6. The van der Waals surface area contributed by atoms with E-state index in [1.807, 2.05) is 6.92 Å². The summed E-state index contributed by atoms with van der Waals surface area (Å²) < 4.78 is 0. The zero-order chi connectivity index (χ0) is 4.99. The Kier molecular flexibility index (Phi) is 21.0. The molecule has 0 aromatic carbocycles. The largest absolute Gasteiger partial charge is 1.00 e.